The van der Waals surface area contributed by atoms with Crippen LogP contribution in [0, 0.1) is 0 Å². The Bertz CT molecular complexity index is 993. The van der Waals surface area contributed by atoms with Gasteiger partial charge in [-0.2, -0.15) is 0 Å². The summed E-state index contributed by atoms with van der Waals surface area (Å²) in [6.45, 7) is 0.282. The fraction of sp³-hybridized carbons (Fsp3) is 0.0556. The molecular formula is C18H16N4O3. The van der Waals surface area contributed by atoms with E-state index < -0.39 is 6.03 Å². The molecule has 3 aromatic rings. The van der Waals surface area contributed by atoms with E-state index in [9.17, 15) is 14.4 Å². The summed E-state index contributed by atoms with van der Waals surface area (Å²) in [4.78, 5) is 37.7. The molecular weight excluding hydrogens is 320 g/mol. The Morgan fingerprint density at radius 1 is 1.04 bits per heavy atom. The van der Waals surface area contributed by atoms with E-state index in [-0.39, 0.29) is 23.7 Å². The molecule has 0 spiro atoms. The van der Waals surface area contributed by atoms with Gasteiger partial charge in [0.25, 0.3) is 11.5 Å². The molecule has 0 saturated heterocycles. The van der Waals surface area contributed by atoms with Crippen LogP contribution in [0.5, 0.6) is 0 Å². The Hall–Kier alpha value is -3.61. The summed E-state index contributed by atoms with van der Waals surface area (Å²) in [7, 11) is 0. The standard InChI is InChI=1S/C18H16N4O3/c19-18(25)21-13-7-5-11(6-8-13)10-20-17(24)15-9-12-3-1-2-4-14(12)16(23)22-15/h1-9H,10H2,(H,20,24)(H,22,23)(H3,19,21,25). The first kappa shape index (κ1) is 16.3. The van der Waals surface area contributed by atoms with E-state index in [2.05, 4.69) is 15.6 Å². The first-order chi connectivity index (χ1) is 12.0. The summed E-state index contributed by atoms with van der Waals surface area (Å²) in [5.41, 5.74) is 6.35. The number of pyridine rings is 1. The Morgan fingerprint density at radius 2 is 1.76 bits per heavy atom. The number of carbonyl (C=O) groups excluding carboxylic acids is 2. The number of amides is 3. The second-order valence-corrected chi connectivity index (χ2v) is 5.47. The van der Waals surface area contributed by atoms with E-state index in [1.807, 2.05) is 6.07 Å². The summed E-state index contributed by atoms with van der Waals surface area (Å²) in [5, 5.41) is 6.45. The zero-order chi connectivity index (χ0) is 17.8. The number of hydrogen-bond donors (Lipinski definition) is 4. The Kier molecular flexibility index (Phi) is 4.47. The van der Waals surface area contributed by atoms with Gasteiger partial charge in [0.2, 0.25) is 0 Å². The molecule has 1 aromatic heterocycles. The van der Waals surface area contributed by atoms with Crippen LogP contribution in [-0.4, -0.2) is 16.9 Å². The Labute approximate surface area is 142 Å². The number of fused-ring (bicyclic) bond motifs is 1. The predicted molar refractivity (Wildman–Crippen MR) is 95.4 cm³/mol. The fourth-order valence-electron chi connectivity index (χ4n) is 2.46. The van der Waals surface area contributed by atoms with Crippen molar-refractivity contribution in [3.8, 4) is 0 Å². The van der Waals surface area contributed by atoms with Gasteiger partial charge >= 0.3 is 6.03 Å². The van der Waals surface area contributed by atoms with E-state index in [0.717, 1.165) is 5.56 Å². The molecule has 126 valence electrons. The lowest BCUT2D eigenvalue weighted by Crippen LogP contribution is -2.26. The topological polar surface area (TPSA) is 117 Å². The SMILES string of the molecule is NC(=O)Nc1ccc(CNC(=O)c2cc3ccccc3c(=O)[nH]2)cc1. The highest BCUT2D eigenvalue weighted by Crippen LogP contribution is 2.11. The van der Waals surface area contributed by atoms with Crippen LogP contribution in [0.2, 0.25) is 0 Å². The normalized spacial score (nSPS) is 10.4. The molecule has 0 fully saturated rings. The monoisotopic (exact) mass is 336 g/mol. The molecule has 0 bridgehead atoms. The number of benzene rings is 2. The minimum Gasteiger partial charge on any atom is -0.351 e. The van der Waals surface area contributed by atoms with Crippen molar-refractivity contribution in [2.75, 3.05) is 5.32 Å². The van der Waals surface area contributed by atoms with Gasteiger partial charge < -0.3 is 21.4 Å². The van der Waals surface area contributed by atoms with Crippen molar-refractivity contribution >= 4 is 28.4 Å². The van der Waals surface area contributed by atoms with Crippen LogP contribution in [-0.2, 0) is 6.54 Å². The van der Waals surface area contributed by atoms with Crippen LogP contribution in [0.3, 0.4) is 0 Å². The predicted octanol–water partition coefficient (Wildman–Crippen LogP) is 1.95. The molecule has 0 saturated carbocycles. The Balaban J connectivity index is 1.70. The highest BCUT2D eigenvalue weighted by Gasteiger charge is 2.09. The maximum Gasteiger partial charge on any atom is 0.316 e. The molecule has 7 nitrogen and oxygen atoms in total. The number of nitrogens with one attached hydrogen (secondary N) is 3. The zero-order valence-electron chi connectivity index (χ0n) is 13.2. The summed E-state index contributed by atoms with van der Waals surface area (Å²) in [6, 6.07) is 15.0. The van der Waals surface area contributed by atoms with Crippen LogP contribution < -0.4 is 21.9 Å². The van der Waals surface area contributed by atoms with Gasteiger partial charge in [0, 0.05) is 17.6 Å². The van der Waals surface area contributed by atoms with E-state index in [4.69, 9.17) is 5.73 Å². The van der Waals surface area contributed by atoms with Gasteiger partial charge in [-0.1, -0.05) is 30.3 Å². The number of carbonyl (C=O) groups is 2. The van der Waals surface area contributed by atoms with E-state index in [1.165, 1.54) is 0 Å². The molecule has 0 aliphatic rings. The van der Waals surface area contributed by atoms with E-state index >= 15 is 0 Å². The number of urea groups is 1. The van der Waals surface area contributed by atoms with E-state index in [0.29, 0.717) is 16.5 Å². The number of aromatic nitrogens is 1. The molecule has 5 N–H and O–H groups in total. The van der Waals surface area contributed by atoms with Gasteiger partial charge in [-0.25, -0.2) is 4.79 Å². The third kappa shape index (κ3) is 3.84. The maximum atomic E-state index is 12.3. The smallest absolute Gasteiger partial charge is 0.316 e. The molecule has 0 unspecified atom stereocenters. The van der Waals surface area contributed by atoms with Gasteiger partial charge in [0.15, 0.2) is 0 Å². The summed E-state index contributed by atoms with van der Waals surface area (Å²) in [5.74, 6) is -0.373. The Morgan fingerprint density at radius 3 is 2.48 bits per heavy atom. The van der Waals surface area contributed by atoms with Crippen molar-refractivity contribution < 1.29 is 9.59 Å². The first-order valence-electron chi connectivity index (χ1n) is 7.58. The number of primary amides is 1. The lowest BCUT2D eigenvalue weighted by atomic mass is 10.1. The van der Waals surface area contributed by atoms with Crippen LogP contribution in [0.1, 0.15) is 16.1 Å². The molecule has 0 atom stereocenters. The minimum absolute atomic E-state index is 0.204. The second-order valence-electron chi connectivity index (χ2n) is 5.47. The molecule has 3 rings (SSSR count). The van der Waals surface area contributed by atoms with Crippen molar-refractivity contribution in [1.29, 1.82) is 0 Å². The molecule has 0 radical (unpaired) electrons. The van der Waals surface area contributed by atoms with Crippen LogP contribution in [0.15, 0.2) is 59.4 Å². The third-order valence-electron chi connectivity index (χ3n) is 3.67. The van der Waals surface area contributed by atoms with Crippen LogP contribution in [0.4, 0.5) is 10.5 Å². The van der Waals surface area contributed by atoms with Crippen molar-refractivity contribution in [3.63, 3.8) is 0 Å². The fourth-order valence-corrected chi connectivity index (χ4v) is 2.46. The number of anilines is 1. The lowest BCUT2D eigenvalue weighted by Gasteiger charge is -2.07. The highest BCUT2D eigenvalue weighted by atomic mass is 16.2. The average Bonchev–Trinajstić information content (AvgIpc) is 2.60. The molecule has 25 heavy (non-hydrogen) atoms. The zero-order valence-corrected chi connectivity index (χ0v) is 13.2. The minimum atomic E-state index is -0.638. The largest absolute Gasteiger partial charge is 0.351 e. The van der Waals surface area contributed by atoms with Crippen molar-refractivity contribution in [2.24, 2.45) is 5.73 Å². The van der Waals surface area contributed by atoms with Crippen molar-refractivity contribution in [2.45, 2.75) is 6.54 Å². The number of rotatable bonds is 4. The highest BCUT2D eigenvalue weighted by molar-refractivity contribution is 5.96. The summed E-state index contributed by atoms with van der Waals surface area (Å²) < 4.78 is 0. The molecule has 1 heterocycles. The average molecular weight is 336 g/mol. The molecule has 7 heteroatoms. The molecule has 2 aromatic carbocycles. The molecule has 0 aliphatic heterocycles. The quantitative estimate of drug-likeness (QED) is 0.583. The maximum absolute atomic E-state index is 12.3. The van der Waals surface area contributed by atoms with Gasteiger partial charge in [-0.15, -0.1) is 0 Å². The van der Waals surface area contributed by atoms with E-state index in [1.54, 1.807) is 48.5 Å². The van der Waals surface area contributed by atoms with Crippen LogP contribution in [0.25, 0.3) is 10.8 Å². The lowest BCUT2D eigenvalue weighted by molar-refractivity contribution is 0.0946. The number of H-pyrrole nitrogens is 1. The number of aromatic amines is 1. The first-order valence-corrected chi connectivity index (χ1v) is 7.58. The van der Waals surface area contributed by atoms with Gasteiger partial charge in [-0.3, -0.25) is 9.59 Å². The van der Waals surface area contributed by atoms with Gasteiger partial charge in [0.1, 0.15) is 5.69 Å². The van der Waals surface area contributed by atoms with Crippen molar-refractivity contribution in [1.82, 2.24) is 10.3 Å². The molecule has 0 aliphatic carbocycles. The van der Waals surface area contributed by atoms with Crippen LogP contribution >= 0.6 is 0 Å². The van der Waals surface area contributed by atoms with Gasteiger partial charge in [-0.05, 0) is 35.2 Å². The summed E-state index contributed by atoms with van der Waals surface area (Å²) in [6.07, 6.45) is 0. The second kappa shape index (κ2) is 6.88. The summed E-state index contributed by atoms with van der Waals surface area (Å²) >= 11 is 0. The third-order valence-corrected chi connectivity index (χ3v) is 3.67. The van der Waals surface area contributed by atoms with Crippen molar-refractivity contribution in [3.05, 3.63) is 76.2 Å². The number of hydrogen-bond acceptors (Lipinski definition) is 3. The van der Waals surface area contributed by atoms with Gasteiger partial charge in [0.05, 0.1) is 0 Å². The number of nitrogens with two attached hydrogens (primary N) is 1. The molecule has 3 amide bonds.